The van der Waals surface area contributed by atoms with E-state index in [2.05, 4.69) is 28.9 Å². The maximum absolute atomic E-state index is 14.4. The highest BCUT2D eigenvalue weighted by Gasteiger charge is 2.27. The van der Waals surface area contributed by atoms with Gasteiger partial charge >= 0.3 is 12.0 Å². The van der Waals surface area contributed by atoms with E-state index >= 15 is 0 Å². The quantitative estimate of drug-likeness (QED) is 0.420. The van der Waals surface area contributed by atoms with Gasteiger partial charge in [-0.2, -0.15) is 13.9 Å². The van der Waals surface area contributed by atoms with Crippen molar-refractivity contribution in [1.29, 1.82) is 0 Å². The zero-order chi connectivity index (χ0) is 23.8. The Bertz CT molecular complexity index is 1370. The van der Waals surface area contributed by atoms with Crippen molar-refractivity contribution in [3.05, 3.63) is 58.1 Å². The normalized spacial score (nSPS) is 13.5. The fourth-order valence-electron chi connectivity index (χ4n) is 2.85. The number of carbonyl (C=O) groups excluding carboxylic acids is 1. The summed E-state index contributed by atoms with van der Waals surface area (Å²) in [4.78, 5) is 24.2. The van der Waals surface area contributed by atoms with Gasteiger partial charge in [-0.1, -0.05) is 0 Å². The van der Waals surface area contributed by atoms with Gasteiger partial charge in [-0.15, -0.1) is 0 Å². The number of halogens is 3. The summed E-state index contributed by atoms with van der Waals surface area (Å²) in [5.74, 6) is -2.72. The first kappa shape index (κ1) is 23.7. The topological polar surface area (TPSA) is 108 Å². The molecule has 3 rings (SSSR count). The van der Waals surface area contributed by atoms with E-state index in [1.807, 2.05) is 0 Å². The Kier molecular flexibility index (Phi) is 6.31. The first-order chi connectivity index (χ1) is 14.8. The van der Waals surface area contributed by atoms with Crippen molar-refractivity contribution in [2.75, 3.05) is 6.61 Å². The second kappa shape index (κ2) is 8.52. The third kappa shape index (κ3) is 4.76. The predicted octanol–water partition coefficient (Wildman–Crippen LogP) is 2.38. The number of nitrogens with zero attached hydrogens (tertiary/aromatic N) is 2. The van der Waals surface area contributed by atoms with E-state index in [1.54, 1.807) is 0 Å². The average Bonchev–Trinajstić information content (AvgIpc) is 2.67. The summed E-state index contributed by atoms with van der Waals surface area (Å²) < 4.78 is 72.1. The lowest BCUT2D eigenvalue weighted by molar-refractivity contribution is -0.0972. The molecule has 0 saturated heterocycles. The minimum Gasteiger partial charge on any atom is -0.461 e. The Morgan fingerprint density at radius 3 is 2.44 bits per heavy atom. The van der Waals surface area contributed by atoms with Crippen LogP contribution in [0.15, 0.2) is 46.1 Å². The van der Waals surface area contributed by atoms with Crippen LogP contribution in [0.3, 0.4) is 0 Å². The molecule has 0 aliphatic rings. The van der Waals surface area contributed by atoms with Gasteiger partial charge < -0.3 is 14.0 Å². The fraction of sp³-hybridized carbons (Fsp3) is 0.167. The van der Waals surface area contributed by atoms with Crippen LogP contribution in [0.5, 0.6) is 5.75 Å². The smallest absolute Gasteiger partial charge is 0.362 e. The fourth-order valence-corrected chi connectivity index (χ4v) is 4.11. The molecule has 2 radical (unpaired) electrons. The van der Waals surface area contributed by atoms with Crippen LogP contribution in [0.4, 0.5) is 13.2 Å². The van der Waals surface area contributed by atoms with E-state index in [0.717, 1.165) is 28.9 Å². The molecule has 0 saturated carbocycles. The summed E-state index contributed by atoms with van der Waals surface area (Å²) in [7, 11) is 0.0899. The highest BCUT2D eigenvalue weighted by molar-refractivity contribution is 8.29. The lowest BCUT2D eigenvalue weighted by atomic mass is 10.1. The number of hydrogen-bond donors (Lipinski definition) is 1. The van der Waals surface area contributed by atoms with Crippen LogP contribution in [-0.2, 0) is 24.7 Å². The van der Waals surface area contributed by atoms with E-state index in [1.165, 1.54) is 19.1 Å². The number of benzene rings is 2. The molecule has 1 heterocycles. The summed E-state index contributed by atoms with van der Waals surface area (Å²) in [5.41, 5.74) is -2.05. The molecule has 8 nitrogen and oxygen atoms in total. The lowest BCUT2D eigenvalue weighted by Crippen LogP contribution is -2.26. The minimum absolute atomic E-state index is 0.0969. The van der Waals surface area contributed by atoms with Crippen LogP contribution < -0.4 is 10.2 Å². The molecule has 0 spiro atoms. The molecule has 1 aromatic heterocycles. The van der Waals surface area contributed by atoms with E-state index < -0.39 is 48.0 Å². The van der Waals surface area contributed by atoms with Crippen LogP contribution in [0.1, 0.15) is 17.4 Å². The highest BCUT2D eigenvalue weighted by Crippen LogP contribution is 2.27. The Morgan fingerprint density at radius 2 is 1.91 bits per heavy atom. The second-order valence-corrected chi connectivity index (χ2v) is 8.93. The first-order valence-electron chi connectivity index (χ1n) is 8.69. The molecule has 0 aliphatic carbocycles. The standard InChI is InChI=1S/C18H12BF3N2O6S2/c1-2-29-17(26)14-15(25)13-12(8-7-11(20)16(13)32(27,28)31)24(23-14)9-3-5-10(6-4-9)30-18(19,21)22/h3-8H,2H2,1H3,(H,27,28,31). The highest BCUT2D eigenvalue weighted by atomic mass is 32.8. The van der Waals surface area contributed by atoms with Gasteiger partial charge in [0.2, 0.25) is 19.0 Å². The summed E-state index contributed by atoms with van der Waals surface area (Å²) in [6.45, 7) is 1.35. The van der Waals surface area contributed by atoms with Crippen LogP contribution in [0.25, 0.3) is 16.6 Å². The molecule has 1 atom stereocenters. The Hall–Kier alpha value is -2.97. The predicted molar refractivity (Wildman–Crippen MR) is 111 cm³/mol. The van der Waals surface area contributed by atoms with E-state index in [-0.39, 0.29) is 23.6 Å². The molecule has 0 bridgehead atoms. The van der Waals surface area contributed by atoms with Gasteiger partial charge in [0, 0.05) is 11.2 Å². The number of aromatic nitrogens is 2. The van der Waals surface area contributed by atoms with Gasteiger partial charge in [0.1, 0.15) is 16.5 Å². The molecule has 1 N–H and O–H groups in total. The van der Waals surface area contributed by atoms with Gasteiger partial charge in [-0.05, 0) is 43.3 Å². The molecule has 1 unspecified atom stereocenters. The molecule has 0 fully saturated rings. The van der Waals surface area contributed by atoms with Gasteiger partial charge in [0.15, 0.2) is 8.77 Å². The van der Waals surface area contributed by atoms with Gasteiger partial charge in [-0.3, -0.25) is 4.79 Å². The summed E-state index contributed by atoms with van der Waals surface area (Å²) in [6, 6.07) is 2.58. The molecule has 32 heavy (non-hydrogen) atoms. The molecular weight excluding hydrogens is 472 g/mol. The van der Waals surface area contributed by atoms with Crippen molar-refractivity contribution in [3.8, 4) is 11.4 Å². The number of hydrogen-bond acceptors (Lipinski definition) is 7. The Balaban J connectivity index is 2.37. The number of fused-ring (bicyclic) bond motifs is 1. The Morgan fingerprint density at radius 1 is 1.28 bits per heavy atom. The Labute approximate surface area is 184 Å². The molecule has 166 valence electrons. The summed E-state index contributed by atoms with van der Waals surface area (Å²) in [6.07, 6.45) is 0. The van der Waals surface area contributed by atoms with Crippen LogP contribution in [0, 0.1) is 5.82 Å². The van der Waals surface area contributed by atoms with E-state index in [4.69, 9.17) is 4.74 Å². The molecule has 14 heteroatoms. The third-order valence-corrected chi connectivity index (χ3v) is 5.43. The minimum atomic E-state index is -4.42. The number of rotatable bonds is 6. The summed E-state index contributed by atoms with van der Waals surface area (Å²) in [5, 5.41) is 3.28. The number of esters is 1. The maximum atomic E-state index is 14.4. The van der Waals surface area contributed by atoms with E-state index in [0.29, 0.717) is 0 Å². The van der Waals surface area contributed by atoms with Crippen molar-refractivity contribution >= 4 is 44.7 Å². The monoisotopic (exact) mass is 484 g/mol. The van der Waals surface area contributed by atoms with Crippen molar-refractivity contribution in [2.24, 2.45) is 0 Å². The largest absolute Gasteiger partial charge is 0.461 e. The summed E-state index contributed by atoms with van der Waals surface area (Å²) >= 11 is 4.47. The molecule has 3 aromatic rings. The van der Waals surface area contributed by atoms with E-state index in [9.17, 15) is 31.5 Å². The van der Waals surface area contributed by atoms with Crippen molar-refractivity contribution in [1.82, 2.24) is 9.78 Å². The lowest BCUT2D eigenvalue weighted by Gasteiger charge is -2.16. The third-order valence-electron chi connectivity index (χ3n) is 4.02. The van der Waals surface area contributed by atoms with Crippen LogP contribution in [0.2, 0.25) is 0 Å². The number of ether oxygens (including phenoxy) is 2. The first-order valence-corrected chi connectivity index (χ1v) is 11.1. The van der Waals surface area contributed by atoms with Crippen LogP contribution in [-0.4, -0.2) is 45.0 Å². The van der Waals surface area contributed by atoms with Crippen LogP contribution >= 0.6 is 0 Å². The zero-order valence-electron chi connectivity index (χ0n) is 16.1. The van der Waals surface area contributed by atoms with Gasteiger partial charge in [0.05, 0.1) is 23.2 Å². The second-order valence-electron chi connectivity index (χ2n) is 6.21. The average molecular weight is 484 g/mol. The van der Waals surface area contributed by atoms with Crippen molar-refractivity contribution < 1.29 is 36.2 Å². The SMILES string of the molecule is [B]C(F)(F)Oc1ccc(-n2nc(C(=O)OCC)c(=O)c3c(S(=O)(O)=S)c(F)ccc32)cc1. The maximum Gasteiger partial charge on any atom is 0.362 e. The molecule has 2 aromatic carbocycles. The molecular formula is C18H12BF3N2O6S2. The molecule has 0 aliphatic heterocycles. The number of carbonyl (C=O) groups is 1. The number of alkyl halides is 2. The van der Waals surface area contributed by atoms with Gasteiger partial charge in [0.25, 0.3) is 0 Å². The van der Waals surface area contributed by atoms with Crippen molar-refractivity contribution in [2.45, 2.75) is 17.8 Å². The van der Waals surface area contributed by atoms with Crippen molar-refractivity contribution in [3.63, 3.8) is 0 Å². The molecule has 0 amide bonds. The van der Waals surface area contributed by atoms with Gasteiger partial charge in [-0.25, -0.2) is 18.1 Å². The zero-order valence-corrected chi connectivity index (χ0v) is 17.7.